The minimum Gasteiger partial charge on any atom is -0.397 e. The van der Waals surface area contributed by atoms with Gasteiger partial charge in [0.1, 0.15) is 9.71 Å². The number of pyridine rings is 1. The van der Waals surface area contributed by atoms with E-state index in [1.54, 1.807) is 11.1 Å². The van der Waals surface area contributed by atoms with E-state index in [9.17, 15) is 4.79 Å². The molecule has 0 fully saturated rings. The van der Waals surface area contributed by atoms with Crippen LogP contribution in [0, 0.1) is 19.3 Å². The van der Waals surface area contributed by atoms with Gasteiger partial charge >= 0.3 is 0 Å². The summed E-state index contributed by atoms with van der Waals surface area (Å²) in [6.45, 7) is 4.70. The third-order valence-corrected chi connectivity index (χ3v) is 4.08. The number of carbonyl (C=O) groups excluding carboxylic acids is 1. The number of terminal acetylenes is 1. The minimum atomic E-state index is -0.125. The van der Waals surface area contributed by atoms with E-state index < -0.39 is 0 Å². The molecule has 19 heavy (non-hydrogen) atoms. The molecule has 1 amide bonds. The first-order valence-electron chi connectivity index (χ1n) is 5.96. The predicted molar refractivity (Wildman–Crippen MR) is 79.2 cm³/mol. The van der Waals surface area contributed by atoms with Gasteiger partial charge in [-0.1, -0.05) is 5.92 Å². The Labute approximate surface area is 116 Å². The van der Waals surface area contributed by atoms with Crippen molar-refractivity contribution in [1.82, 2.24) is 9.88 Å². The molecule has 0 aliphatic rings. The van der Waals surface area contributed by atoms with E-state index in [0.29, 0.717) is 17.1 Å². The molecule has 98 valence electrons. The third-order valence-electron chi connectivity index (χ3n) is 2.98. The smallest absolute Gasteiger partial charge is 0.266 e. The maximum Gasteiger partial charge on any atom is 0.266 e. The van der Waals surface area contributed by atoms with E-state index in [-0.39, 0.29) is 12.5 Å². The molecule has 5 heteroatoms. The molecule has 0 aliphatic carbocycles. The highest BCUT2D eigenvalue weighted by Gasteiger charge is 2.21. The van der Waals surface area contributed by atoms with E-state index in [1.165, 1.54) is 11.3 Å². The van der Waals surface area contributed by atoms with Crippen molar-refractivity contribution in [3.63, 3.8) is 0 Å². The van der Waals surface area contributed by atoms with Gasteiger partial charge in [0.2, 0.25) is 0 Å². The first kappa shape index (κ1) is 13.4. The summed E-state index contributed by atoms with van der Waals surface area (Å²) < 4.78 is 0. The molecule has 4 nitrogen and oxygen atoms in total. The van der Waals surface area contributed by atoms with Crippen molar-refractivity contribution in [2.75, 3.05) is 18.8 Å². The van der Waals surface area contributed by atoms with E-state index in [2.05, 4.69) is 10.9 Å². The minimum absolute atomic E-state index is 0.125. The molecule has 2 rings (SSSR count). The maximum absolute atomic E-state index is 12.4. The summed E-state index contributed by atoms with van der Waals surface area (Å²) in [5, 5.41) is 0.868. The van der Waals surface area contributed by atoms with E-state index in [4.69, 9.17) is 12.2 Å². The number of fused-ring (bicyclic) bond motifs is 1. The highest BCUT2D eigenvalue weighted by atomic mass is 32.1. The van der Waals surface area contributed by atoms with Crippen LogP contribution in [0.4, 0.5) is 5.69 Å². The number of thiophene rings is 1. The van der Waals surface area contributed by atoms with Gasteiger partial charge in [-0.3, -0.25) is 4.79 Å². The number of hydrogen-bond acceptors (Lipinski definition) is 4. The zero-order valence-corrected chi connectivity index (χ0v) is 11.8. The van der Waals surface area contributed by atoms with Crippen molar-refractivity contribution in [2.45, 2.75) is 13.8 Å². The number of anilines is 1. The summed E-state index contributed by atoms with van der Waals surface area (Å²) in [7, 11) is 0. The van der Waals surface area contributed by atoms with Gasteiger partial charge in [0.05, 0.1) is 12.2 Å². The normalized spacial score (nSPS) is 10.4. The SMILES string of the molecule is C#CCN(CC)C(=O)c1sc2nccc(C)c2c1N. The molecule has 2 N–H and O–H groups in total. The lowest BCUT2D eigenvalue weighted by atomic mass is 10.1. The number of nitrogens with zero attached hydrogens (tertiary/aromatic N) is 2. The molecule has 0 unspecified atom stereocenters. The molecule has 0 saturated carbocycles. The van der Waals surface area contributed by atoms with Gasteiger partial charge < -0.3 is 10.6 Å². The van der Waals surface area contributed by atoms with Crippen molar-refractivity contribution in [1.29, 1.82) is 0 Å². The zero-order valence-electron chi connectivity index (χ0n) is 10.9. The summed E-state index contributed by atoms with van der Waals surface area (Å²) in [6.07, 6.45) is 7.00. The van der Waals surface area contributed by atoms with Gasteiger partial charge in [0.15, 0.2) is 0 Å². The molecule has 0 atom stereocenters. The van der Waals surface area contributed by atoms with Crippen LogP contribution in [0.5, 0.6) is 0 Å². The number of amides is 1. The Balaban J connectivity index is 2.52. The fourth-order valence-electron chi connectivity index (χ4n) is 1.94. The van der Waals surface area contributed by atoms with Gasteiger partial charge in [-0.2, -0.15) is 0 Å². The molecule has 2 heterocycles. The molecule has 2 aromatic rings. The molecule has 2 aromatic heterocycles. The second-order valence-corrected chi connectivity index (χ2v) is 5.18. The summed E-state index contributed by atoms with van der Waals surface area (Å²) in [5.41, 5.74) is 7.63. The van der Waals surface area contributed by atoms with Crippen LogP contribution >= 0.6 is 11.3 Å². The fourth-order valence-corrected chi connectivity index (χ4v) is 3.05. The van der Waals surface area contributed by atoms with Gasteiger partial charge in [0.25, 0.3) is 5.91 Å². The maximum atomic E-state index is 12.4. The van der Waals surface area contributed by atoms with Crippen molar-refractivity contribution in [3.8, 4) is 12.3 Å². The molecule has 0 spiro atoms. The lowest BCUT2D eigenvalue weighted by Gasteiger charge is -2.17. The second-order valence-electron chi connectivity index (χ2n) is 4.18. The molecular weight excluding hydrogens is 258 g/mol. The number of nitrogen functional groups attached to an aromatic ring is 1. The van der Waals surface area contributed by atoms with Gasteiger partial charge in [-0.05, 0) is 25.5 Å². The number of rotatable bonds is 3. The molecule has 0 aromatic carbocycles. The van der Waals surface area contributed by atoms with E-state index in [0.717, 1.165) is 15.8 Å². The Hall–Kier alpha value is -2.06. The van der Waals surface area contributed by atoms with Crippen LogP contribution in [-0.4, -0.2) is 28.9 Å². The first-order chi connectivity index (χ1) is 9.10. The van der Waals surface area contributed by atoms with Crippen molar-refractivity contribution >= 4 is 33.1 Å². The number of hydrogen-bond donors (Lipinski definition) is 1. The number of aryl methyl sites for hydroxylation is 1. The average molecular weight is 273 g/mol. The van der Waals surface area contributed by atoms with Crippen molar-refractivity contribution < 1.29 is 4.79 Å². The standard InChI is InChI=1S/C14H15N3OS/c1-4-8-17(5-2)14(18)12-11(15)10-9(3)6-7-16-13(10)19-12/h1,6-7H,5,8,15H2,2-3H3. The molecule has 0 bridgehead atoms. The summed E-state index contributed by atoms with van der Waals surface area (Å²) in [4.78, 5) is 19.6. The van der Waals surface area contributed by atoms with Crippen LogP contribution in [0.25, 0.3) is 10.2 Å². The Bertz CT molecular complexity index is 669. The second kappa shape index (κ2) is 5.29. The largest absolute Gasteiger partial charge is 0.397 e. The molecular formula is C14H15N3OS. The Morgan fingerprint density at radius 2 is 2.37 bits per heavy atom. The van der Waals surface area contributed by atoms with E-state index >= 15 is 0 Å². The summed E-state index contributed by atoms with van der Waals surface area (Å²) in [6, 6.07) is 1.89. The van der Waals surface area contributed by atoms with E-state index in [1.807, 2.05) is 19.9 Å². The Morgan fingerprint density at radius 1 is 1.63 bits per heavy atom. The lowest BCUT2D eigenvalue weighted by molar-refractivity contribution is 0.0790. The Kier molecular flexibility index (Phi) is 3.72. The number of carbonyl (C=O) groups is 1. The zero-order chi connectivity index (χ0) is 14.0. The van der Waals surface area contributed by atoms with Gasteiger partial charge in [-0.25, -0.2) is 4.98 Å². The topological polar surface area (TPSA) is 59.2 Å². The molecule has 0 aliphatic heterocycles. The summed E-state index contributed by atoms with van der Waals surface area (Å²) in [5.74, 6) is 2.36. The van der Waals surface area contributed by atoms with Crippen LogP contribution < -0.4 is 5.73 Å². The van der Waals surface area contributed by atoms with Gasteiger partial charge in [-0.15, -0.1) is 17.8 Å². The van der Waals surface area contributed by atoms with Crippen molar-refractivity contribution in [2.24, 2.45) is 0 Å². The monoisotopic (exact) mass is 273 g/mol. The lowest BCUT2D eigenvalue weighted by Crippen LogP contribution is -2.30. The highest BCUT2D eigenvalue weighted by Crippen LogP contribution is 2.34. The van der Waals surface area contributed by atoms with Crippen LogP contribution in [0.1, 0.15) is 22.2 Å². The van der Waals surface area contributed by atoms with Crippen LogP contribution in [0.3, 0.4) is 0 Å². The van der Waals surface area contributed by atoms with Crippen molar-refractivity contribution in [3.05, 3.63) is 22.7 Å². The number of nitrogens with two attached hydrogens (primary N) is 1. The summed E-state index contributed by atoms with van der Waals surface area (Å²) >= 11 is 1.32. The quantitative estimate of drug-likeness (QED) is 0.873. The fraction of sp³-hybridized carbons (Fsp3) is 0.286. The highest BCUT2D eigenvalue weighted by molar-refractivity contribution is 7.21. The first-order valence-corrected chi connectivity index (χ1v) is 6.78. The van der Waals surface area contributed by atoms with Gasteiger partial charge in [0, 0.05) is 18.1 Å². The molecule has 0 radical (unpaired) electrons. The molecule has 0 saturated heterocycles. The third kappa shape index (κ3) is 2.27. The van der Waals surface area contributed by atoms with Crippen LogP contribution in [-0.2, 0) is 0 Å². The van der Waals surface area contributed by atoms with Crippen LogP contribution in [0.2, 0.25) is 0 Å². The average Bonchev–Trinajstić information content (AvgIpc) is 2.74. The Morgan fingerprint density at radius 3 is 2.95 bits per heavy atom. The van der Waals surface area contributed by atoms with Crippen LogP contribution in [0.15, 0.2) is 12.3 Å². The predicted octanol–water partition coefficient (Wildman–Crippen LogP) is 2.28. The number of aromatic nitrogens is 1.